The average Bonchev–Trinajstić information content (AvgIpc) is 4.01. The molecule has 0 unspecified atom stereocenters. The van der Waals surface area contributed by atoms with Crippen LogP contribution in [0.1, 0.15) is 25.0 Å². The summed E-state index contributed by atoms with van der Waals surface area (Å²) in [5.41, 5.74) is 16.7. The summed E-state index contributed by atoms with van der Waals surface area (Å²) in [5, 5.41) is 4.49. The molecular formula is C60H39N3OS. The third-order valence-corrected chi connectivity index (χ3v) is 14.5. The molecule has 5 heteroatoms. The molecule has 1 aliphatic rings. The summed E-state index contributed by atoms with van der Waals surface area (Å²) in [7, 11) is 0. The van der Waals surface area contributed by atoms with Crippen LogP contribution in [0.4, 0.5) is 0 Å². The zero-order valence-electron chi connectivity index (χ0n) is 35.7. The van der Waals surface area contributed by atoms with Crippen LogP contribution < -0.4 is 0 Å². The summed E-state index contributed by atoms with van der Waals surface area (Å²) in [4.78, 5) is 15.7. The highest BCUT2D eigenvalue weighted by atomic mass is 32.1. The molecule has 0 fully saturated rings. The molecule has 306 valence electrons. The van der Waals surface area contributed by atoms with Crippen LogP contribution in [0.25, 0.3) is 121 Å². The first kappa shape index (κ1) is 37.6. The van der Waals surface area contributed by atoms with Crippen LogP contribution in [0.5, 0.6) is 0 Å². The van der Waals surface area contributed by atoms with E-state index in [4.69, 9.17) is 19.4 Å². The first-order valence-electron chi connectivity index (χ1n) is 22.1. The summed E-state index contributed by atoms with van der Waals surface area (Å²) in [6, 6.07) is 71.3. The van der Waals surface area contributed by atoms with Gasteiger partial charge in [-0.05, 0) is 86.0 Å². The molecule has 9 aromatic carbocycles. The van der Waals surface area contributed by atoms with E-state index in [0.29, 0.717) is 17.5 Å². The standard InChI is InChI=1S/C60H39N3OS/c1-60(2)50-19-8-6-14-44(50)47-17-10-16-43(56(47)60)39-26-22-38(23-27-39)41-31-33-51-49(34-41)55-48(18-11-20-52(55)64-51)59-62-57(40-28-24-37(25-29-40)36-12-4-3-5-13-36)61-58(63-59)42-30-32-46-45-15-7-9-21-53(45)65-54(46)35-42/h3-35H,1-2H3. The normalized spacial score (nSPS) is 12.9. The number of nitrogens with zero attached hydrogens (tertiary/aromatic N) is 3. The SMILES string of the molecule is CC1(C)c2ccccc2-c2cccc(-c3ccc(-c4ccc5oc6cccc(-c7nc(-c8ccc(-c9ccccc9)cc8)nc(-c8ccc9c(c8)sc8ccccc89)n7)c6c5c4)cc3)c21. The predicted molar refractivity (Wildman–Crippen MR) is 270 cm³/mol. The van der Waals surface area contributed by atoms with Crippen molar-refractivity contribution in [2.45, 2.75) is 19.3 Å². The summed E-state index contributed by atoms with van der Waals surface area (Å²) >= 11 is 1.79. The van der Waals surface area contributed by atoms with Crippen molar-refractivity contribution < 1.29 is 4.42 Å². The quantitative estimate of drug-likeness (QED) is 0.167. The highest BCUT2D eigenvalue weighted by Gasteiger charge is 2.37. The zero-order valence-corrected chi connectivity index (χ0v) is 36.5. The molecule has 0 bridgehead atoms. The Morgan fingerprint density at radius 1 is 0.369 bits per heavy atom. The molecular weight excluding hydrogens is 811 g/mol. The summed E-state index contributed by atoms with van der Waals surface area (Å²) in [5.74, 6) is 1.83. The first-order valence-corrected chi connectivity index (χ1v) is 22.9. The van der Waals surface area contributed by atoms with E-state index in [1.165, 1.54) is 53.6 Å². The molecule has 0 N–H and O–H groups in total. The number of furan rings is 1. The Morgan fingerprint density at radius 2 is 0.954 bits per heavy atom. The van der Waals surface area contributed by atoms with E-state index in [2.05, 4.69) is 196 Å². The van der Waals surface area contributed by atoms with Gasteiger partial charge < -0.3 is 4.42 Å². The van der Waals surface area contributed by atoms with Gasteiger partial charge in [-0.25, -0.2) is 15.0 Å². The lowest BCUT2D eigenvalue weighted by atomic mass is 9.79. The largest absolute Gasteiger partial charge is 0.456 e. The summed E-state index contributed by atoms with van der Waals surface area (Å²) in [6.45, 7) is 4.70. The van der Waals surface area contributed by atoms with E-state index in [-0.39, 0.29) is 5.41 Å². The van der Waals surface area contributed by atoms with Gasteiger partial charge in [0.2, 0.25) is 0 Å². The number of hydrogen-bond donors (Lipinski definition) is 0. The average molecular weight is 850 g/mol. The molecule has 0 saturated heterocycles. The number of fused-ring (bicyclic) bond motifs is 9. The predicted octanol–water partition coefficient (Wildman–Crippen LogP) is 16.4. The van der Waals surface area contributed by atoms with Crippen molar-refractivity contribution in [3.8, 4) is 78.7 Å². The Balaban J connectivity index is 0.925. The number of aromatic nitrogens is 3. The van der Waals surface area contributed by atoms with E-state index in [1.54, 1.807) is 11.3 Å². The Labute approximate surface area is 380 Å². The van der Waals surface area contributed by atoms with E-state index in [0.717, 1.165) is 60.9 Å². The molecule has 0 spiro atoms. The Morgan fingerprint density at radius 3 is 1.80 bits per heavy atom. The summed E-state index contributed by atoms with van der Waals surface area (Å²) < 4.78 is 9.03. The molecule has 0 amide bonds. The lowest BCUT2D eigenvalue weighted by molar-refractivity contribution is 0.662. The molecule has 3 heterocycles. The molecule has 1 aliphatic carbocycles. The lowest BCUT2D eigenvalue weighted by Gasteiger charge is -2.24. The minimum Gasteiger partial charge on any atom is -0.456 e. The second-order valence-corrected chi connectivity index (χ2v) is 18.6. The first-order chi connectivity index (χ1) is 31.9. The molecule has 65 heavy (non-hydrogen) atoms. The lowest BCUT2D eigenvalue weighted by Crippen LogP contribution is -2.16. The Bertz CT molecular complexity index is 3840. The van der Waals surface area contributed by atoms with Gasteiger partial charge in [0.25, 0.3) is 0 Å². The summed E-state index contributed by atoms with van der Waals surface area (Å²) in [6.07, 6.45) is 0. The highest BCUT2D eigenvalue weighted by Crippen LogP contribution is 2.52. The minimum atomic E-state index is -0.0912. The molecule has 13 rings (SSSR count). The maximum atomic E-state index is 6.56. The van der Waals surface area contributed by atoms with Gasteiger partial charge in [-0.3, -0.25) is 0 Å². The van der Waals surface area contributed by atoms with Crippen molar-refractivity contribution in [2.75, 3.05) is 0 Å². The topological polar surface area (TPSA) is 51.8 Å². The van der Waals surface area contributed by atoms with E-state index >= 15 is 0 Å². The van der Waals surface area contributed by atoms with E-state index in [1.807, 2.05) is 18.2 Å². The fourth-order valence-corrected chi connectivity index (χ4v) is 11.3. The number of thiophene rings is 1. The van der Waals surface area contributed by atoms with Crippen LogP contribution >= 0.6 is 11.3 Å². The maximum absolute atomic E-state index is 6.56. The van der Waals surface area contributed by atoms with Gasteiger partial charge >= 0.3 is 0 Å². The van der Waals surface area contributed by atoms with Gasteiger partial charge in [0.1, 0.15) is 11.2 Å². The second-order valence-electron chi connectivity index (χ2n) is 17.5. The van der Waals surface area contributed by atoms with Crippen LogP contribution in [0.15, 0.2) is 205 Å². The van der Waals surface area contributed by atoms with Crippen molar-refractivity contribution in [3.63, 3.8) is 0 Å². The molecule has 12 aromatic rings. The monoisotopic (exact) mass is 849 g/mol. The maximum Gasteiger partial charge on any atom is 0.164 e. The van der Waals surface area contributed by atoms with Crippen molar-refractivity contribution in [3.05, 3.63) is 211 Å². The van der Waals surface area contributed by atoms with Crippen molar-refractivity contribution in [1.29, 1.82) is 0 Å². The Kier molecular flexibility index (Phi) is 8.39. The van der Waals surface area contributed by atoms with Crippen LogP contribution in [0, 0.1) is 0 Å². The Hall–Kier alpha value is -7.99. The zero-order chi connectivity index (χ0) is 43.2. The van der Waals surface area contributed by atoms with Gasteiger partial charge in [0.05, 0.1) is 0 Å². The molecule has 4 nitrogen and oxygen atoms in total. The van der Waals surface area contributed by atoms with Gasteiger partial charge in [-0.2, -0.15) is 0 Å². The van der Waals surface area contributed by atoms with Crippen molar-refractivity contribution >= 4 is 53.4 Å². The molecule has 0 radical (unpaired) electrons. The number of hydrogen-bond acceptors (Lipinski definition) is 5. The van der Waals surface area contributed by atoms with Crippen LogP contribution in [-0.4, -0.2) is 15.0 Å². The van der Waals surface area contributed by atoms with Gasteiger partial charge in [-0.15, -0.1) is 11.3 Å². The second kappa shape index (κ2) is 14.5. The number of rotatable bonds is 6. The van der Waals surface area contributed by atoms with E-state index < -0.39 is 0 Å². The third-order valence-electron chi connectivity index (χ3n) is 13.4. The van der Waals surface area contributed by atoms with Gasteiger partial charge in [0.15, 0.2) is 17.5 Å². The smallest absolute Gasteiger partial charge is 0.164 e. The fourth-order valence-electron chi connectivity index (χ4n) is 10.2. The fraction of sp³-hybridized carbons (Fsp3) is 0.0500. The van der Waals surface area contributed by atoms with E-state index in [9.17, 15) is 0 Å². The molecule has 0 aliphatic heterocycles. The molecule has 0 atom stereocenters. The van der Waals surface area contributed by atoms with Gasteiger partial charge in [-0.1, -0.05) is 184 Å². The van der Waals surface area contributed by atoms with Crippen LogP contribution in [0.3, 0.4) is 0 Å². The molecule has 3 aromatic heterocycles. The van der Waals surface area contributed by atoms with Crippen LogP contribution in [-0.2, 0) is 5.41 Å². The van der Waals surface area contributed by atoms with Crippen molar-refractivity contribution in [1.82, 2.24) is 15.0 Å². The highest BCUT2D eigenvalue weighted by molar-refractivity contribution is 7.25. The minimum absolute atomic E-state index is 0.0912. The van der Waals surface area contributed by atoms with Gasteiger partial charge in [0, 0.05) is 53.1 Å². The van der Waals surface area contributed by atoms with Crippen LogP contribution in [0.2, 0.25) is 0 Å². The number of benzene rings is 9. The third kappa shape index (κ3) is 6.07. The molecule has 0 saturated carbocycles. The van der Waals surface area contributed by atoms with Crippen molar-refractivity contribution in [2.24, 2.45) is 0 Å².